The van der Waals surface area contributed by atoms with Crippen LogP contribution in [0.15, 0.2) is 35.7 Å². The van der Waals surface area contributed by atoms with Gasteiger partial charge in [0, 0.05) is 25.1 Å². The van der Waals surface area contributed by atoms with E-state index in [1.807, 2.05) is 43.8 Å². The van der Waals surface area contributed by atoms with Crippen LogP contribution in [-0.4, -0.2) is 20.7 Å². The molecule has 0 saturated carbocycles. The number of rotatable bonds is 5. The van der Waals surface area contributed by atoms with Gasteiger partial charge in [0.05, 0.1) is 5.25 Å². The summed E-state index contributed by atoms with van der Waals surface area (Å²) in [5.74, 6) is 0.372. The summed E-state index contributed by atoms with van der Waals surface area (Å²) in [4.78, 5) is 16.8. The third-order valence-corrected chi connectivity index (χ3v) is 4.78. The number of imidazole rings is 1. The summed E-state index contributed by atoms with van der Waals surface area (Å²) in [6, 6.07) is 6.13. The molecular formula is C17H23N3OS. The van der Waals surface area contributed by atoms with Gasteiger partial charge in [0.15, 0.2) is 5.16 Å². The number of aryl methyl sites for hydroxylation is 2. The van der Waals surface area contributed by atoms with Gasteiger partial charge in [-0.15, -0.1) is 0 Å². The number of carbonyl (C=O) groups is 1. The molecule has 1 heterocycles. The van der Waals surface area contributed by atoms with Crippen molar-refractivity contribution in [3.05, 3.63) is 41.7 Å². The number of anilines is 1. The molecule has 1 aromatic heterocycles. The van der Waals surface area contributed by atoms with Crippen LogP contribution < -0.4 is 5.32 Å². The van der Waals surface area contributed by atoms with Crippen molar-refractivity contribution in [2.75, 3.05) is 5.32 Å². The Morgan fingerprint density at radius 3 is 2.64 bits per heavy atom. The Kier molecular flexibility index (Phi) is 5.29. The van der Waals surface area contributed by atoms with E-state index in [4.69, 9.17) is 0 Å². The molecule has 0 fully saturated rings. The summed E-state index contributed by atoms with van der Waals surface area (Å²) < 4.78 is 1.92. The average Bonchev–Trinajstić information content (AvgIpc) is 2.86. The van der Waals surface area contributed by atoms with E-state index in [9.17, 15) is 4.79 Å². The standard InChI is InChI=1S/C17H23N3OS/c1-11(2)14-8-6-7-12(3)15(14)19-16(21)13(4)22-17-18-9-10-20(17)5/h6-11,13H,1-5H3,(H,19,21)/t13-/m1/s1. The first kappa shape index (κ1) is 16.6. The SMILES string of the molecule is Cc1cccc(C(C)C)c1NC(=O)[C@@H](C)Sc1nccn1C. The van der Waals surface area contributed by atoms with Crippen molar-refractivity contribution in [1.29, 1.82) is 0 Å². The Morgan fingerprint density at radius 2 is 2.05 bits per heavy atom. The molecule has 4 nitrogen and oxygen atoms in total. The second-order valence-corrected chi connectivity index (χ2v) is 7.07. The topological polar surface area (TPSA) is 46.9 Å². The Labute approximate surface area is 136 Å². The normalized spacial score (nSPS) is 12.5. The number of benzene rings is 1. The van der Waals surface area contributed by atoms with Crippen molar-refractivity contribution in [2.45, 2.75) is 44.0 Å². The minimum atomic E-state index is -0.208. The quantitative estimate of drug-likeness (QED) is 0.849. The van der Waals surface area contributed by atoms with Gasteiger partial charge >= 0.3 is 0 Å². The number of hydrogen-bond donors (Lipinski definition) is 1. The fraction of sp³-hybridized carbons (Fsp3) is 0.412. The largest absolute Gasteiger partial charge is 0.329 e. The predicted octanol–water partition coefficient (Wildman–Crippen LogP) is 3.97. The third kappa shape index (κ3) is 3.71. The lowest BCUT2D eigenvalue weighted by Gasteiger charge is -2.18. The Balaban J connectivity index is 2.13. The highest BCUT2D eigenvalue weighted by Crippen LogP contribution is 2.29. The van der Waals surface area contributed by atoms with E-state index in [0.717, 1.165) is 16.4 Å². The van der Waals surface area contributed by atoms with E-state index in [2.05, 4.69) is 30.2 Å². The van der Waals surface area contributed by atoms with E-state index in [0.29, 0.717) is 5.92 Å². The lowest BCUT2D eigenvalue weighted by Crippen LogP contribution is -2.24. The number of carbonyl (C=O) groups excluding carboxylic acids is 1. The minimum absolute atomic E-state index is 0.00389. The molecule has 118 valence electrons. The molecule has 2 aromatic rings. The zero-order chi connectivity index (χ0) is 16.3. The highest BCUT2D eigenvalue weighted by atomic mass is 32.2. The van der Waals surface area contributed by atoms with Crippen molar-refractivity contribution in [2.24, 2.45) is 7.05 Å². The molecule has 1 N–H and O–H groups in total. The fourth-order valence-electron chi connectivity index (χ4n) is 2.24. The van der Waals surface area contributed by atoms with E-state index in [1.165, 1.54) is 17.3 Å². The molecule has 0 aliphatic rings. The lowest BCUT2D eigenvalue weighted by molar-refractivity contribution is -0.115. The van der Waals surface area contributed by atoms with E-state index >= 15 is 0 Å². The van der Waals surface area contributed by atoms with E-state index in [-0.39, 0.29) is 11.2 Å². The van der Waals surface area contributed by atoms with Gasteiger partial charge in [-0.05, 0) is 30.9 Å². The first-order chi connectivity index (χ1) is 10.4. The summed E-state index contributed by atoms with van der Waals surface area (Å²) in [6.07, 6.45) is 3.62. The summed E-state index contributed by atoms with van der Waals surface area (Å²) in [7, 11) is 1.93. The zero-order valence-corrected chi connectivity index (χ0v) is 14.6. The van der Waals surface area contributed by atoms with Crippen LogP contribution in [-0.2, 0) is 11.8 Å². The van der Waals surface area contributed by atoms with Gasteiger partial charge in [0.25, 0.3) is 0 Å². The molecule has 22 heavy (non-hydrogen) atoms. The molecule has 0 aliphatic heterocycles. The maximum absolute atomic E-state index is 12.5. The summed E-state index contributed by atoms with van der Waals surface area (Å²) >= 11 is 1.46. The van der Waals surface area contributed by atoms with Crippen LogP contribution in [0.3, 0.4) is 0 Å². The van der Waals surface area contributed by atoms with Crippen molar-refractivity contribution >= 4 is 23.4 Å². The fourth-order valence-corrected chi connectivity index (χ4v) is 3.08. The molecule has 0 aliphatic carbocycles. The third-order valence-electron chi connectivity index (χ3n) is 3.60. The lowest BCUT2D eigenvalue weighted by atomic mass is 9.98. The number of aromatic nitrogens is 2. The van der Waals surface area contributed by atoms with E-state index in [1.54, 1.807) is 6.20 Å². The van der Waals surface area contributed by atoms with E-state index < -0.39 is 0 Å². The van der Waals surface area contributed by atoms with Crippen molar-refractivity contribution in [3.8, 4) is 0 Å². The highest BCUT2D eigenvalue weighted by molar-refractivity contribution is 8.00. The van der Waals surface area contributed by atoms with Gasteiger partial charge in [0.1, 0.15) is 0 Å². The molecular weight excluding hydrogens is 294 g/mol. The molecule has 0 radical (unpaired) electrons. The summed E-state index contributed by atoms with van der Waals surface area (Å²) in [6.45, 7) is 8.20. The maximum Gasteiger partial charge on any atom is 0.237 e. The first-order valence-electron chi connectivity index (χ1n) is 7.44. The van der Waals surface area contributed by atoms with Gasteiger partial charge in [-0.2, -0.15) is 0 Å². The average molecular weight is 317 g/mol. The summed E-state index contributed by atoms with van der Waals surface area (Å²) in [5.41, 5.74) is 3.20. The van der Waals surface area contributed by atoms with Gasteiger partial charge in [-0.1, -0.05) is 43.8 Å². The molecule has 0 saturated heterocycles. The Hall–Kier alpha value is -1.75. The molecule has 1 atom stereocenters. The van der Waals surface area contributed by atoms with Gasteiger partial charge in [-0.25, -0.2) is 4.98 Å². The van der Waals surface area contributed by atoms with Crippen LogP contribution in [0.4, 0.5) is 5.69 Å². The van der Waals surface area contributed by atoms with Crippen LogP contribution in [0.1, 0.15) is 37.8 Å². The number of nitrogens with zero attached hydrogens (tertiary/aromatic N) is 2. The molecule has 1 aromatic carbocycles. The van der Waals surface area contributed by atoms with Crippen molar-refractivity contribution in [3.63, 3.8) is 0 Å². The molecule has 5 heteroatoms. The predicted molar refractivity (Wildman–Crippen MR) is 92.4 cm³/mol. The smallest absolute Gasteiger partial charge is 0.237 e. The van der Waals surface area contributed by atoms with Crippen LogP contribution in [0.2, 0.25) is 0 Å². The summed E-state index contributed by atoms with van der Waals surface area (Å²) in [5, 5.41) is 3.73. The number of para-hydroxylation sites is 1. The van der Waals surface area contributed by atoms with Crippen LogP contribution in [0, 0.1) is 6.92 Å². The highest BCUT2D eigenvalue weighted by Gasteiger charge is 2.19. The number of hydrogen-bond acceptors (Lipinski definition) is 3. The first-order valence-corrected chi connectivity index (χ1v) is 8.32. The zero-order valence-electron chi connectivity index (χ0n) is 13.8. The van der Waals surface area contributed by atoms with Crippen molar-refractivity contribution < 1.29 is 4.79 Å². The number of nitrogens with one attached hydrogen (secondary N) is 1. The van der Waals surface area contributed by atoms with Gasteiger partial charge < -0.3 is 9.88 Å². The number of amides is 1. The molecule has 1 amide bonds. The molecule has 2 rings (SSSR count). The van der Waals surface area contributed by atoms with Gasteiger partial charge in [0.2, 0.25) is 5.91 Å². The molecule has 0 bridgehead atoms. The molecule has 0 spiro atoms. The second kappa shape index (κ2) is 7.01. The minimum Gasteiger partial charge on any atom is -0.329 e. The molecule has 0 unspecified atom stereocenters. The van der Waals surface area contributed by atoms with Crippen LogP contribution in [0.25, 0.3) is 0 Å². The van der Waals surface area contributed by atoms with Crippen LogP contribution >= 0.6 is 11.8 Å². The second-order valence-electron chi connectivity index (χ2n) is 5.76. The Morgan fingerprint density at radius 1 is 1.32 bits per heavy atom. The van der Waals surface area contributed by atoms with Crippen molar-refractivity contribution in [1.82, 2.24) is 9.55 Å². The maximum atomic E-state index is 12.5. The Bertz CT molecular complexity index is 664. The number of thioether (sulfide) groups is 1. The van der Waals surface area contributed by atoms with Crippen LogP contribution in [0.5, 0.6) is 0 Å². The van der Waals surface area contributed by atoms with Gasteiger partial charge in [-0.3, -0.25) is 4.79 Å². The monoisotopic (exact) mass is 317 g/mol.